The van der Waals surface area contributed by atoms with Crippen LogP contribution in [-0.4, -0.2) is 24.3 Å². The van der Waals surface area contributed by atoms with Gasteiger partial charge in [0, 0.05) is 25.2 Å². The lowest BCUT2D eigenvalue weighted by molar-refractivity contribution is 0.378. The van der Waals surface area contributed by atoms with E-state index >= 15 is 0 Å². The molecule has 4 nitrogen and oxygen atoms in total. The second-order valence-electron chi connectivity index (χ2n) is 4.75. The van der Waals surface area contributed by atoms with Crippen molar-refractivity contribution in [1.82, 2.24) is 5.01 Å². The van der Waals surface area contributed by atoms with Crippen molar-refractivity contribution in [3.8, 4) is 0 Å². The van der Waals surface area contributed by atoms with Gasteiger partial charge in [-0.05, 0) is 37.6 Å². The van der Waals surface area contributed by atoms with Crippen molar-refractivity contribution < 1.29 is 0 Å². The van der Waals surface area contributed by atoms with E-state index in [0.29, 0.717) is 5.92 Å². The molecule has 2 aliphatic heterocycles. The van der Waals surface area contributed by atoms with Crippen LogP contribution in [0.5, 0.6) is 0 Å². The van der Waals surface area contributed by atoms with Crippen LogP contribution in [0.3, 0.4) is 0 Å². The van der Waals surface area contributed by atoms with E-state index in [9.17, 15) is 0 Å². The standard InChI is InChI=1S/C14H18N4/c1-3-18-14-7-11(9-16-18)8-15-12-5-4-10(2)6-13(12)17-14/h4-7,9,11,15,17H,3,8H2,1-2H3/t11-/m1/s1. The molecule has 0 fully saturated rings. The van der Waals surface area contributed by atoms with E-state index in [0.717, 1.165) is 30.3 Å². The van der Waals surface area contributed by atoms with Crippen molar-refractivity contribution in [2.45, 2.75) is 13.8 Å². The number of rotatable bonds is 1. The Hall–Kier alpha value is -1.97. The van der Waals surface area contributed by atoms with Gasteiger partial charge in [0.2, 0.25) is 0 Å². The minimum atomic E-state index is 0.352. The quantitative estimate of drug-likeness (QED) is 0.795. The van der Waals surface area contributed by atoms with Crippen LogP contribution < -0.4 is 10.6 Å². The average molecular weight is 242 g/mol. The van der Waals surface area contributed by atoms with Gasteiger partial charge in [-0.15, -0.1) is 0 Å². The molecule has 0 unspecified atom stereocenters. The number of nitrogens with zero attached hydrogens (tertiary/aromatic N) is 2. The molecule has 0 aromatic heterocycles. The second kappa shape index (κ2) is 4.37. The van der Waals surface area contributed by atoms with Crippen LogP contribution in [0.2, 0.25) is 0 Å². The highest BCUT2D eigenvalue weighted by Crippen LogP contribution is 2.29. The van der Waals surface area contributed by atoms with Gasteiger partial charge in [-0.1, -0.05) is 6.07 Å². The van der Waals surface area contributed by atoms with Gasteiger partial charge in [-0.25, -0.2) is 0 Å². The number of nitrogens with one attached hydrogen (secondary N) is 2. The molecule has 2 bridgehead atoms. The van der Waals surface area contributed by atoms with E-state index in [1.165, 1.54) is 5.56 Å². The van der Waals surface area contributed by atoms with Crippen molar-refractivity contribution in [3.05, 3.63) is 35.7 Å². The first kappa shape index (κ1) is 11.1. The molecule has 2 heterocycles. The number of fused-ring (bicyclic) bond motifs is 2. The zero-order valence-electron chi connectivity index (χ0n) is 10.8. The Morgan fingerprint density at radius 3 is 3.11 bits per heavy atom. The molecule has 4 heteroatoms. The Labute approximate surface area is 107 Å². The Balaban J connectivity index is 1.98. The SMILES string of the molecule is CCN1N=C[C@@H]2C=C1Nc1cc(C)ccc1NC2. The first-order valence-corrected chi connectivity index (χ1v) is 6.41. The van der Waals surface area contributed by atoms with Gasteiger partial charge in [0.25, 0.3) is 0 Å². The molecule has 18 heavy (non-hydrogen) atoms. The summed E-state index contributed by atoms with van der Waals surface area (Å²) in [5, 5.41) is 13.4. The molecule has 94 valence electrons. The molecule has 0 radical (unpaired) electrons. The van der Waals surface area contributed by atoms with Crippen molar-refractivity contribution in [2.24, 2.45) is 11.0 Å². The minimum absolute atomic E-state index is 0.352. The highest BCUT2D eigenvalue weighted by atomic mass is 15.5. The van der Waals surface area contributed by atoms with E-state index in [4.69, 9.17) is 0 Å². The third-order valence-electron chi connectivity index (χ3n) is 3.31. The lowest BCUT2D eigenvalue weighted by Gasteiger charge is -2.30. The van der Waals surface area contributed by atoms with Gasteiger partial charge in [-0.2, -0.15) is 5.10 Å². The second-order valence-corrected chi connectivity index (χ2v) is 4.75. The predicted molar refractivity (Wildman–Crippen MR) is 75.7 cm³/mol. The minimum Gasteiger partial charge on any atom is -0.382 e. The summed E-state index contributed by atoms with van der Waals surface area (Å²) in [7, 11) is 0. The summed E-state index contributed by atoms with van der Waals surface area (Å²) >= 11 is 0. The summed E-state index contributed by atoms with van der Waals surface area (Å²) < 4.78 is 0. The van der Waals surface area contributed by atoms with E-state index < -0.39 is 0 Å². The number of hydrogen-bond acceptors (Lipinski definition) is 4. The largest absolute Gasteiger partial charge is 0.382 e. The van der Waals surface area contributed by atoms with Gasteiger partial charge in [0.15, 0.2) is 0 Å². The topological polar surface area (TPSA) is 39.7 Å². The number of anilines is 2. The van der Waals surface area contributed by atoms with Gasteiger partial charge in [0.1, 0.15) is 5.82 Å². The number of hydrogen-bond donors (Lipinski definition) is 2. The summed E-state index contributed by atoms with van der Waals surface area (Å²) in [6.07, 6.45) is 4.23. The van der Waals surface area contributed by atoms with E-state index in [1.807, 2.05) is 11.2 Å². The third kappa shape index (κ3) is 1.94. The Morgan fingerprint density at radius 1 is 1.39 bits per heavy atom. The fourth-order valence-corrected chi connectivity index (χ4v) is 2.31. The zero-order valence-corrected chi connectivity index (χ0v) is 10.8. The molecule has 0 saturated heterocycles. The molecule has 2 aliphatic rings. The van der Waals surface area contributed by atoms with Gasteiger partial charge >= 0.3 is 0 Å². The molecule has 0 amide bonds. The summed E-state index contributed by atoms with van der Waals surface area (Å²) in [4.78, 5) is 0. The molecule has 0 saturated carbocycles. The van der Waals surface area contributed by atoms with Crippen LogP contribution in [-0.2, 0) is 0 Å². The van der Waals surface area contributed by atoms with Crippen LogP contribution in [0.25, 0.3) is 0 Å². The summed E-state index contributed by atoms with van der Waals surface area (Å²) in [6.45, 7) is 5.97. The monoisotopic (exact) mass is 242 g/mol. The first-order valence-electron chi connectivity index (χ1n) is 6.41. The molecular weight excluding hydrogens is 224 g/mol. The highest BCUT2D eigenvalue weighted by Gasteiger charge is 2.19. The summed E-state index contributed by atoms with van der Waals surface area (Å²) in [5.74, 6) is 1.43. The lowest BCUT2D eigenvalue weighted by Crippen LogP contribution is -2.31. The average Bonchev–Trinajstić information content (AvgIpc) is 2.36. The summed E-state index contributed by atoms with van der Waals surface area (Å²) in [6, 6.07) is 6.42. The van der Waals surface area contributed by atoms with Crippen LogP contribution in [0, 0.1) is 12.8 Å². The third-order valence-corrected chi connectivity index (χ3v) is 3.31. The molecule has 1 atom stereocenters. The Morgan fingerprint density at radius 2 is 2.28 bits per heavy atom. The van der Waals surface area contributed by atoms with Gasteiger partial charge < -0.3 is 10.6 Å². The predicted octanol–water partition coefficient (Wildman–Crippen LogP) is 2.61. The van der Waals surface area contributed by atoms with E-state index in [2.05, 4.69) is 53.9 Å². The van der Waals surface area contributed by atoms with Crippen LogP contribution in [0.4, 0.5) is 11.4 Å². The van der Waals surface area contributed by atoms with E-state index in [-0.39, 0.29) is 0 Å². The summed E-state index contributed by atoms with van der Waals surface area (Å²) in [5.41, 5.74) is 3.53. The van der Waals surface area contributed by atoms with Crippen LogP contribution >= 0.6 is 0 Å². The highest BCUT2D eigenvalue weighted by molar-refractivity contribution is 5.75. The maximum Gasteiger partial charge on any atom is 0.123 e. The number of hydrazone groups is 1. The van der Waals surface area contributed by atoms with Gasteiger partial charge in [0.05, 0.1) is 11.4 Å². The molecule has 0 spiro atoms. The fourth-order valence-electron chi connectivity index (χ4n) is 2.31. The number of benzene rings is 1. The van der Waals surface area contributed by atoms with Crippen LogP contribution in [0.15, 0.2) is 35.2 Å². The fraction of sp³-hybridized carbons (Fsp3) is 0.357. The van der Waals surface area contributed by atoms with Crippen molar-refractivity contribution in [2.75, 3.05) is 23.7 Å². The maximum absolute atomic E-state index is 4.47. The van der Waals surface area contributed by atoms with Crippen molar-refractivity contribution in [1.29, 1.82) is 0 Å². The Bertz CT molecular complexity index is 519. The molecule has 1 aromatic rings. The first-order chi connectivity index (χ1) is 8.76. The molecule has 3 rings (SSSR count). The van der Waals surface area contributed by atoms with Gasteiger partial charge in [-0.3, -0.25) is 5.01 Å². The van der Waals surface area contributed by atoms with Crippen molar-refractivity contribution >= 4 is 17.6 Å². The molecular formula is C14H18N4. The lowest BCUT2D eigenvalue weighted by atomic mass is 10.1. The zero-order chi connectivity index (χ0) is 12.5. The van der Waals surface area contributed by atoms with E-state index in [1.54, 1.807) is 0 Å². The number of aryl methyl sites for hydroxylation is 1. The smallest absolute Gasteiger partial charge is 0.123 e. The molecule has 1 aromatic carbocycles. The van der Waals surface area contributed by atoms with Crippen LogP contribution in [0.1, 0.15) is 12.5 Å². The molecule has 0 aliphatic carbocycles. The van der Waals surface area contributed by atoms with Crippen molar-refractivity contribution in [3.63, 3.8) is 0 Å². The Kier molecular flexibility index (Phi) is 2.70. The normalized spacial score (nSPS) is 21.1. The maximum atomic E-state index is 4.47. The molecule has 2 N–H and O–H groups in total.